The molecule has 16 heavy (non-hydrogen) atoms. The van der Waals surface area contributed by atoms with Crippen LogP contribution in [0.2, 0.25) is 0 Å². The first kappa shape index (κ1) is 13.2. The van der Waals surface area contributed by atoms with E-state index in [9.17, 15) is 0 Å². The highest BCUT2D eigenvalue weighted by Crippen LogP contribution is 1.95. The van der Waals surface area contributed by atoms with Crippen molar-refractivity contribution in [2.45, 2.75) is 32.4 Å². The molecule has 0 amide bonds. The van der Waals surface area contributed by atoms with Gasteiger partial charge in [0.05, 0.1) is 0 Å². The largest absolute Gasteiger partial charge is 0.314 e. The van der Waals surface area contributed by atoms with E-state index in [4.69, 9.17) is 0 Å². The summed E-state index contributed by atoms with van der Waals surface area (Å²) in [5.41, 5.74) is 0. The van der Waals surface area contributed by atoms with Crippen LogP contribution in [0.3, 0.4) is 0 Å². The van der Waals surface area contributed by atoms with E-state index >= 15 is 0 Å². The molecule has 0 spiro atoms. The lowest BCUT2D eigenvalue weighted by Crippen LogP contribution is -2.30. The molecular weight excluding hydrogens is 200 g/mol. The average Bonchev–Trinajstić information content (AvgIpc) is 2.74. The fourth-order valence-electron chi connectivity index (χ4n) is 1.60. The zero-order chi connectivity index (χ0) is 11.8. The highest BCUT2D eigenvalue weighted by atomic mass is 15.3. The average molecular weight is 224 g/mol. The van der Waals surface area contributed by atoms with Gasteiger partial charge in [-0.2, -0.15) is 5.10 Å². The third-order valence-electron chi connectivity index (χ3n) is 2.63. The summed E-state index contributed by atoms with van der Waals surface area (Å²) in [6, 6.07) is 2.53. The number of hydrogen-bond donors (Lipinski definition) is 1. The number of rotatable bonds is 8. The number of nitrogens with zero attached hydrogens (tertiary/aromatic N) is 3. The molecule has 4 nitrogen and oxygen atoms in total. The summed E-state index contributed by atoms with van der Waals surface area (Å²) in [6.07, 6.45) is 6.18. The molecule has 4 heteroatoms. The van der Waals surface area contributed by atoms with Crippen LogP contribution in [0.15, 0.2) is 18.5 Å². The molecular formula is C12H24N4. The summed E-state index contributed by atoms with van der Waals surface area (Å²) >= 11 is 0. The van der Waals surface area contributed by atoms with Gasteiger partial charge in [-0.1, -0.05) is 0 Å². The summed E-state index contributed by atoms with van der Waals surface area (Å²) in [5.74, 6) is 0. The lowest BCUT2D eigenvalue weighted by molar-refractivity contribution is 0.381. The predicted octanol–water partition coefficient (Wildman–Crippen LogP) is 1.20. The van der Waals surface area contributed by atoms with Crippen molar-refractivity contribution < 1.29 is 0 Å². The minimum absolute atomic E-state index is 0.561. The molecule has 0 aromatic carbocycles. The van der Waals surface area contributed by atoms with Gasteiger partial charge in [0.15, 0.2) is 0 Å². The number of aryl methyl sites for hydroxylation is 1. The summed E-state index contributed by atoms with van der Waals surface area (Å²) < 4.78 is 1.98. The third-order valence-corrected chi connectivity index (χ3v) is 2.63. The van der Waals surface area contributed by atoms with Crippen molar-refractivity contribution >= 4 is 0 Å². The van der Waals surface area contributed by atoms with Gasteiger partial charge in [0.2, 0.25) is 0 Å². The first-order chi connectivity index (χ1) is 7.68. The van der Waals surface area contributed by atoms with E-state index in [0.717, 1.165) is 26.1 Å². The molecule has 0 saturated heterocycles. The van der Waals surface area contributed by atoms with Crippen LogP contribution < -0.4 is 5.32 Å². The zero-order valence-electron chi connectivity index (χ0n) is 10.7. The van der Waals surface area contributed by atoms with Crippen LogP contribution >= 0.6 is 0 Å². The standard InChI is InChI=1S/C12H24N4/c1-12(13-7-4-9-15(2)3)6-11-16-10-5-8-14-16/h5,8,10,12-13H,4,6-7,9,11H2,1-3H3. The van der Waals surface area contributed by atoms with Gasteiger partial charge in [0.1, 0.15) is 0 Å². The molecule has 1 aromatic heterocycles. The summed E-state index contributed by atoms with van der Waals surface area (Å²) in [7, 11) is 4.22. The molecule has 0 radical (unpaired) electrons. The topological polar surface area (TPSA) is 33.1 Å². The Bertz CT molecular complexity index is 256. The van der Waals surface area contributed by atoms with E-state index in [-0.39, 0.29) is 0 Å². The minimum atomic E-state index is 0.561. The van der Waals surface area contributed by atoms with Crippen molar-refractivity contribution in [2.75, 3.05) is 27.2 Å². The quantitative estimate of drug-likeness (QED) is 0.674. The molecule has 1 aromatic rings. The minimum Gasteiger partial charge on any atom is -0.314 e. The maximum absolute atomic E-state index is 4.19. The molecule has 0 aliphatic heterocycles. The van der Waals surface area contributed by atoms with Gasteiger partial charge in [0.25, 0.3) is 0 Å². The maximum Gasteiger partial charge on any atom is 0.0489 e. The first-order valence-corrected chi connectivity index (χ1v) is 6.04. The predicted molar refractivity (Wildman–Crippen MR) is 67.5 cm³/mol. The number of aromatic nitrogens is 2. The fraction of sp³-hybridized carbons (Fsp3) is 0.750. The van der Waals surface area contributed by atoms with E-state index in [0.29, 0.717) is 6.04 Å². The van der Waals surface area contributed by atoms with Crippen molar-refractivity contribution in [3.8, 4) is 0 Å². The van der Waals surface area contributed by atoms with Crippen molar-refractivity contribution in [3.63, 3.8) is 0 Å². The number of nitrogens with one attached hydrogen (secondary N) is 1. The molecule has 1 unspecified atom stereocenters. The van der Waals surface area contributed by atoms with Crippen LogP contribution in [0.25, 0.3) is 0 Å². The smallest absolute Gasteiger partial charge is 0.0489 e. The van der Waals surface area contributed by atoms with E-state index in [1.165, 1.54) is 6.42 Å². The van der Waals surface area contributed by atoms with Gasteiger partial charge in [-0.25, -0.2) is 0 Å². The van der Waals surface area contributed by atoms with Crippen molar-refractivity contribution in [2.24, 2.45) is 0 Å². The van der Waals surface area contributed by atoms with Crippen LogP contribution in [0.4, 0.5) is 0 Å². The second-order valence-corrected chi connectivity index (χ2v) is 4.57. The Labute approximate surface area is 98.6 Å². The van der Waals surface area contributed by atoms with Gasteiger partial charge < -0.3 is 10.2 Å². The Hall–Kier alpha value is -0.870. The monoisotopic (exact) mass is 224 g/mol. The Morgan fingerprint density at radius 3 is 2.88 bits per heavy atom. The highest BCUT2D eigenvalue weighted by molar-refractivity contribution is 4.78. The van der Waals surface area contributed by atoms with Crippen molar-refractivity contribution in [1.29, 1.82) is 0 Å². The zero-order valence-corrected chi connectivity index (χ0v) is 10.7. The van der Waals surface area contributed by atoms with Crippen LogP contribution in [0.5, 0.6) is 0 Å². The van der Waals surface area contributed by atoms with Crippen molar-refractivity contribution in [3.05, 3.63) is 18.5 Å². The Balaban J connectivity index is 2.00. The lowest BCUT2D eigenvalue weighted by atomic mass is 10.2. The van der Waals surface area contributed by atoms with Gasteiger partial charge in [0, 0.05) is 25.0 Å². The van der Waals surface area contributed by atoms with Gasteiger partial charge in [-0.15, -0.1) is 0 Å². The Morgan fingerprint density at radius 1 is 1.44 bits per heavy atom. The molecule has 0 aliphatic carbocycles. The van der Waals surface area contributed by atoms with Gasteiger partial charge >= 0.3 is 0 Å². The lowest BCUT2D eigenvalue weighted by Gasteiger charge is -2.15. The molecule has 0 fully saturated rings. The van der Waals surface area contributed by atoms with Gasteiger partial charge in [-0.05, 0) is 53.0 Å². The summed E-state index contributed by atoms with van der Waals surface area (Å²) in [4.78, 5) is 2.22. The Kier molecular flexibility index (Phi) is 6.11. The normalized spacial score (nSPS) is 13.2. The molecule has 1 rings (SSSR count). The number of hydrogen-bond acceptors (Lipinski definition) is 3. The van der Waals surface area contributed by atoms with Crippen LogP contribution in [0, 0.1) is 0 Å². The summed E-state index contributed by atoms with van der Waals surface area (Å²) in [5, 5.41) is 7.72. The molecule has 1 heterocycles. The third kappa shape index (κ3) is 5.88. The molecule has 0 aliphatic rings. The molecule has 1 N–H and O–H groups in total. The van der Waals surface area contributed by atoms with Crippen LogP contribution in [-0.2, 0) is 6.54 Å². The molecule has 1 atom stereocenters. The van der Waals surface area contributed by atoms with E-state index in [1.807, 2.05) is 23.1 Å². The fourth-order valence-corrected chi connectivity index (χ4v) is 1.60. The first-order valence-electron chi connectivity index (χ1n) is 6.04. The highest BCUT2D eigenvalue weighted by Gasteiger charge is 2.01. The molecule has 0 saturated carbocycles. The van der Waals surface area contributed by atoms with Gasteiger partial charge in [-0.3, -0.25) is 4.68 Å². The van der Waals surface area contributed by atoms with E-state index in [2.05, 4.69) is 36.3 Å². The summed E-state index contributed by atoms with van der Waals surface area (Å²) in [6.45, 7) is 5.48. The molecule has 0 bridgehead atoms. The maximum atomic E-state index is 4.19. The second-order valence-electron chi connectivity index (χ2n) is 4.57. The van der Waals surface area contributed by atoms with E-state index < -0.39 is 0 Å². The second kappa shape index (κ2) is 7.41. The molecule has 92 valence electrons. The van der Waals surface area contributed by atoms with Crippen LogP contribution in [-0.4, -0.2) is 47.9 Å². The SMILES string of the molecule is CC(CCn1cccn1)NCCCN(C)C. The van der Waals surface area contributed by atoms with E-state index in [1.54, 1.807) is 0 Å². The van der Waals surface area contributed by atoms with Crippen LogP contribution in [0.1, 0.15) is 19.8 Å². The Morgan fingerprint density at radius 2 is 2.25 bits per heavy atom. The van der Waals surface area contributed by atoms with Crippen molar-refractivity contribution in [1.82, 2.24) is 20.0 Å².